The van der Waals surface area contributed by atoms with Crippen molar-refractivity contribution in [2.45, 2.75) is 491 Å². The Morgan fingerprint density at radius 1 is 0.289 bits per heavy atom. The van der Waals surface area contributed by atoms with E-state index in [1.54, 1.807) is 0 Å². The molecule has 0 spiro atoms. The molecule has 3 heteroatoms. The molecule has 0 atom stereocenters. The predicted octanol–water partition coefficient (Wildman–Crippen LogP) is 33.7. The van der Waals surface area contributed by atoms with Gasteiger partial charge < -0.3 is 19.4 Å². The third-order valence-corrected chi connectivity index (χ3v) is 20.7. The van der Waals surface area contributed by atoms with Gasteiger partial charge in [-0.1, -0.05) is 475 Å². The quantitative estimate of drug-likeness (QED) is 0.0120. The van der Waals surface area contributed by atoms with Crippen molar-refractivity contribution in [3.05, 3.63) is 101 Å². The van der Waals surface area contributed by atoms with Crippen LogP contribution in [-0.4, -0.2) is 10.7 Å². The third kappa shape index (κ3) is 67.0. The third-order valence-electron chi connectivity index (χ3n) is 20.7. The van der Waals surface area contributed by atoms with Crippen molar-refractivity contribution < 1.29 is 25.2 Å². The molecular weight excluding hydrogens is 1260 g/mol. The van der Waals surface area contributed by atoms with Gasteiger partial charge >= 0.3 is 26.3 Å². The van der Waals surface area contributed by atoms with Crippen LogP contribution in [0.3, 0.4) is 0 Å². The summed E-state index contributed by atoms with van der Waals surface area (Å²) in [5.74, 6) is 3.15. The van der Waals surface area contributed by atoms with Crippen LogP contribution in [0.2, 0.25) is 0 Å². The normalized spacial score (nSPS) is 11.3. The molecule has 0 N–H and O–H groups in total. The molecule has 0 aliphatic carbocycles. The van der Waals surface area contributed by atoms with Gasteiger partial charge in [0.05, 0.1) is 5.57 Å². The minimum atomic E-state index is 0. The van der Waals surface area contributed by atoms with Crippen LogP contribution < -0.4 is 0 Å². The van der Waals surface area contributed by atoms with Crippen molar-refractivity contribution >= 4 is 11.4 Å². The molecule has 2 aromatic carbocycles. The fourth-order valence-corrected chi connectivity index (χ4v) is 14.2. The zero-order valence-corrected chi connectivity index (χ0v) is 68.3. The number of allylic oxidation sites excluding steroid dienone is 2. The van der Waals surface area contributed by atoms with Gasteiger partial charge in [0.25, 0.3) is 0 Å². The summed E-state index contributed by atoms with van der Waals surface area (Å²) in [6.07, 6.45) is 95.9. The van der Waals surface area contributed by atoms with E-state index in [1.807, 2.05) is 0 Å². The summed E-state index contributed by atoms with van der Waals surface area (Å²) in [7, 11) is 0. The summed E-state index contributed by atoms with van der Waals surface area (Å²) in [5, 5.41) is 0. The Labute approximate surface area is 624 Å². The van der Waals surface area contributed by atoms with E-state index >= 15 is 0 Å². The van der Waals surface area contributed by atoms with Crippen LogP contribution in [0.25, 0.3) is 11.1 Å². The summed E-state index contributed by atoms with van der Waals surface area (Å²) in [5.41, 5.74) is 19.2. The van der Waals surface area contributed by atoms with Crippen LogP contribution in [0.1, 0.15) is 500 Å². The van der Waals surface area contributed by atoms with Crippen LogP contribution in [0, 0.1) is 13.8 Å². The van der Waals surface area contributed by atoms with Crippen LogP contribution >= 0.6 is 0 Å². The SMILES string of the molecule is CCCCCCCCCCCCCCCCCCCCC(=C=[N+]=[N-])C(CCCCCC)=C(c1ccc(CCCC)cc1)c1cccc(CCCCCCCC)c1.[CH2-]CCCCCCCCCCCCCCCCCCC.[CH2-]CCCCCCCCCCCCCCCCCCC.[Pd+2]. The van der Waals surface area contributed by atoms with E-state index < -0.39 is 0 Å². The molecular formula is C94H170N2Pd. The van der Waals surface area contributed by atoms with Gasteiger partial charge in [0, 0.05) is 0 Å². The number of rotatable bonds is 71. The molecule has 0 aliphatic rings. The molecule has 0 saturated heterocycles. The van der Waals surface area contributed by atoms with Gasteiger partial charge in [-0.05, 0) is 84.8 Å². The minimum Gasteiger partial charge on any atom is -0.348 e. The van der Waals surface area contributed by atoms with Crippen LogP contribution in [-0.2, 0) is 33.3 Å². The number of nitrogens with zero attached hydrogens (tertiary/aromatic N) is 2. The van der Waals surface area contributed by atoms with E-state index in [1.165, 1.54) is 431 Å². The van der Waals surface area contributed by atoms with Crippen LogP contribution in [0.4, 0.5) is 0 Å². The Balaban J connectivity index is 0. The average Bonchev–Trinajstić information content (AvgIpc) is 0.823. The molecule has 0 aliphatic heterocycles. The molecule has 97 heavy (non-hydrogen) atoms. The molecule has 2 aromatic rings. The monoisotopic (exact) mass is 1430 g/mol. The topological polar surface area (TPSA) is 36.4 Å². The largest absolute Gasteiger partial charge is 2.00 e. The maximum Gasteiger partial charge on any atom is 2.00 e. The summed E-state index contributed by atoms with van der Waals surface area (Å²) >= 11 is 0. The zero-order chi connectivity index (χ0) is 69.6. The average molecular weight is 1430 g/mol. The molecule has 2 rings (SSSR count). The van der Waals surface area contributed by atoms with Crippen molar-refractivity contribution in [3.63, 3.8) is 0 Å². The van der Waals surface area contributed by atoms with Crippen molar-refractivity contribution in [1.29, 1.82) is 0 Å². The van der Waals surface area contributed by atoms with Crippen molar-refractivity contribution in [1.82, 2.24) is 0 Å². The first-order chi connectivity index (χ1) is 47.5. The number of hydrogen-bond donors (Lipinski definition) is 0. The van der Waals surface area contributed by atoms with Gasteiger partial charge in [0.15, 0.2) is 0 Å². The molecule has 0 saturated carbocycles. The number of hydrogen-bond acceptors (Lipinski definition) is 0. The first kappa shape index (κ1) is 97.1. The molecule has 0 heterocycles. The first-order valence-corrected chi connectivity index (χ1v) is 44.0. The Bertz CT molecular complexity index is 1880. The Morgan fingerprint density at radius 2 is 0.557 bits per heavy atom. The molecule has 566 valence electrons. The summed E-state index contributed by atoms with van der Waals surface area (Å²) < 4.78 is 0. The van der Waals surface area contributed by atoms with E-state index in [0.717, 1.165) is 56.9 Å². The van der Waals surface area contributed by atoms with E-state index in [-0.39, 0.29) is 20.4 Å². The van der Waals surface area contributed by atoms with Gasteiger partial charge in [0.2, 0.25) is 0 Å². The second-order valence-corrected chi connectivity index (χ2v) is 30.2. The van der Waals surface area contributed by atoms with Crippen LogP contribution in [0.15, 0.2) is 59.7 Å². The minimum absolute atomic E-state index is 0. The molecule has 0 radical (unpaired) electrons. The molecule has 0 fully saturated rings. The number of unbranched alkanes of at least 4 members (excludes halogenated alkanes) is 60. The summed E-state index contributed by atoms with van der Waals surface area (Å²) in [6, 6.07) is 18.8. The van der Waals surface area contributed by atoms with Crippen molar-refractivity contribution in [2.24, 2.45) is 0 Å². The maximum absolute atomic E-state index is 9.98. The maximum atomic E-state index is 9.98. The fourth-order valence-electron chi connectivity index (χ4n) is 14.2. The standard InChI is InChI=1S/C54H88N2.2C20H41.Pd/c1-5-9-13-16-18-19-20-21-22-23-24-25-26-27-28-29-31-33-39-52(47-56-55)53(41-34-15-11-7-3)54(50-44-42-48(43-45-50)36-12-8-4)51-40-35-38-49(46-51)37-32-30-17-14-10-6-2;2*1-3-5-7-9-11-13-15-17-19-20-18-16-14-12-10-8-6-4-2;/h35,38,40,42-46H,5-34,36-37,39,41H2,1-4H3;2*1,3-20H2,2H3;/q;2*-1;+2. The molecule has 0 unspecified atom stereocenters. The molecule has 2 nitrogen and oxygen atoms in total. The van der Waals surface area contributed by atoms with Gasteiger partial charge in [0.1, 0.15) is 0 Å². The molecule has 0 amide bonds. The van der Waals surface area contributed by atoms with Gasteiger partial charge in [-0.2, -0.15) is 12.8 Å². The van der Waals surface area contributed by atoms with Gasteiger partial charge in [-0.15, -0.1) is 4.79 Å². The Morgan fingerprint density at radius 3 is 0.866 bits per heavy atom. The van der Waals surface area contributed by atoms with E-state index in [4.69, 9.17) is 0 Å². The fraction of sp³-hybridized carbons (Fsp3) is 0.809. The second kappa shape index (κ2) is 83.0. The number of benzene rings is 2. The van der Waals surface area contributed by atoms with Crippen LogP contribution in [0.5, 0.6) is 0 Å². The predicted molar refractivity (Wildman–Crippen MR) is 437 cm³/mol. The van der Waals surface area contributed by atoms with E-state index in [9.17, 15) is 5.53 Å². The Kier molecular flexibility index (Phi) is 83.0. The zero-order valence-electron chi connectivity index (χ0n) is 66.7. The van der Waals surface area contributed by atoms with Gasteiger partial charge in [-0.25, -0.2) is 0 Å². The van der Waals surface area contributed by atoms with Gasteiger partial charge in [-0.3, -0.25) is 0 Å². The number of aryl methyl sites for hydroxylation is 2. The van der Waals surface area contributed by atoms with E-state index in [2.05, 4.69) is 115 Å². The smallest absolute Gasteiger partial charge is 0.348 e. The van der Waals surface area contributed by atoms with Crippen molar-refractivity contribution in [2.75, 3.05) is 0 Å². The molecule has 0 bridgehead atoms. The summed E-state index contributed by atoms with van der Waals surface area (Å²) in [4.78, 5) is 3.58. The summed E-state index contributed by atoms with van der Waals surface area (Å²) in [6.45, 7) is 21.5. The van der Waals surface area contributed by atoms with Crippen molar-refractivity contribution in [3.8, 4) is 0 Å². The second-order valence-electron chi connectivity index (χ2n) is 30.2. The Hall–Kier alpha value is -2.00. The van der Waals surface area contributed by atoms with E-state index in [0.29, 0.717) is 0 Å². The molecule has 0 aromatic heterocycles. The first-order valence-electron chi connectivity index (χ1n) is 44.0.